The summed E-state index contributed by atoms with van der Waals surface area (Å²) in [7, 11) is 1.58. The van der Waals surface area contributed by atoms with Gasteiger partial charge in [-0.15, -0.1) is 10.2 Å². The Morgan fingerprint density at radius 3 is 2.67 bits per heavy atom. The van der Waals surface area contributed by atoms with Crippen LogP contribution in [-0.4, -0.2) is 33.6 Å². The van der Waals surface area contributed by atoms with Gasteiger partial charge in [-0.3, -0.25) is 4.79 Å². The van der Waals surface area contributed by atoms with Crippen molar-refractivity contribution in [2.45, 2.75) is 5.16 Å². The van der Waals surface area contributed by atoms with E-state index in [4.69, 9.17) is 33.8 Å². The number of rotatable bonds is 6. The van der Waals surface area contributed by atoms with Crippen molar-refractivity contribution >= 4 is 46.6 Å². The molecule has 7 nitrogen and oxygen atoms in total. The number of thioether (sulfide) groups is 1. The van der Waals surface area contributed by atoms with Crippen LogP contribution in [0.25, 0.3) is 11.4 Å². The minimum absolute atomic E-state index is 0.0948. The maximum Gasteiger partial charge on any atom is 0.234 e. The molecule has 3 aromatic rings. The number of aromatic nitrogens is 3. The van der Waals surface area contributed by atoms with Gasteiger partial charge in [-0.05, 0) is 30.3 Å². The summed E-state index contributed by atoms with van der Waals surface area (Å²) in [5.74, 6) is 7.07. The quantitative estimate of drug-likeness (QED) is 0.463. The van der Waals surface area contributed by atoms with Crippen LogP contribution in [0.15, 0.2) is 47.6 Å². The topological polar surface area (TPSA) is 95.1 Å². The molecule has 0 radical (unpaired) electrons. The van der Waals surface area contributed by atoms with E-state index < -0.39 is 0 Å². The highest BCUT2D eigenvalue weighted by Gasteiger charge is 2.14. The summed E-state index contributed by atoms with van der Waals surface area (Å²) >= 11 is 13.0. The van der Waals surface area contributed by atoms with Gasteiger partial charge in [-0.1, -0.05) is 47.1 Å². The van der Waals surface area contributed by atoms with E-state index in [-0.39, 0.29) is 11.7 Å². The molecule has 0 aliphatic rings. The summed E-state index contributed by atoms with van der Waals surface area (Å²) in [5.41, 5.74) is 1.28. The SMILES string of the molecule is COc1cccc(-c2nnc(SCC(=O)Nc3cc(Cl)cc(Cl)c3)n2N)c1. The van der Waals surface area contributed by atoms with Crippen molar-refractivity contribution < 1.29 is 9.53 Å². The number of anilines is 1. The van der Waals surface area contributed by atoms with E-state index in [1.165, 1.54) is 4.68 Å². The fourth-order valence-electron chi connectivity index (χ4n) is 2.29. The van der Waals surface area contributed by atoms with E-state index in [9.17, 15) is 4.79 Å². The Balaban J connectivity index is 1.66. The number of nitrogens with one attached hydrogen (secondary N) is 1. The van der Waals surface area contributed by atoms with E-state index in [1.807, 2.05) is 18.2 Å². The lowest BCUT2D eigenvalue weighted by atomic mass is 10.2. The van der Waals surface area contributed by atoms with Crippen LogP contribution in [0.3, 0.4) is 0 Å². The second-order valence-corrected chi connectivity index (χ2v) is 7.22. The first-order chi connectivity index (χ1) is 13.0. The van der Waals surface area contributed by atoms with Gasteiger partial charge in [0.25, 0.3) is 0 Å². The molecule has 0 saturated carbocycles. The van der Waals surface area contributed by atoms with Crippen LogP contribution in [0.5, 0.6) is 5.75 Å². The van der Waals surface area contributed by atoms with Crippen molar-refractivity contribution in [2.75, 3.05) is 24.0 Å². The summed E-state index contributed by atoms with van der Waals surface area (Å²) in [4.78, 5) is 12.1. The number of nitrogens with two attached hydrogens (primary N) is 1. The lowest BCUT2D eigenvalue weighted by Crippen LogP contribution is -2.16. The second kappa shape index (κ2) is 8.51. The molecule has 0 bridgehead atoms. The van der Waals surface area contributed by atoms with Crippen molar-refractivity contribution in [2.24, 2.45) is 0 Å². The number of nitrogens with zero attached hydrogens (tertiary/aromatic N) is 3. The lowest BCUT2D eigenvalue weighted by molar-refractivity contribution is -0.113. The number of carbonyl (C=O) groups is 1. The molecular formula is C17H15Cl2N5O2S. The molecule has 0 aliphatic carbocycles. The molecule has 0 spiro atoms. The first-order valence-electron chi connectivity index (χ1n) is 7.70. The Bertz CT molecular complexity index is 959. The molecule has 0 aliphatic heterocycles. The maximum absolute atomic E-state index is 12.1. The van der Waals surface area contributed by atoms with Crippen LogP contribution in [0.4, 0.5) is 5.69 Å². The van der Waals surface area contributed by atoms with E-state index in [1.54, 1.807) is 31.4 Å². The number of hydrogen-bond donors (Lipinski definition) is 2. The van der Waals surface area contributed by atoms with E-state index in [2.05, 4.69) is 15.5 Å². The van der Waals surface area contributed by atoms with Crippen molar-refractivity contribution in [1.29, 1.82) is 0 Å². The van der Waals surface area contributed by atoms with Crippen molar-refractivity contribution in [3.63, 3.8) is 0 Å². The molecule has 3 rings (SSSR count). The molecule has 27 heavy (non-hydrogen) atoms. The summed E-state index contributed by atoms with van der Waals surface area (Å²) in [5, 5.41) is 12.1. The highest BCUT2D eigenvalue weighted by atomic mass is 35.5. The normalized spacial score (nSPS) is 10.6. The number of ether oxygens (including phenoxy) is 1. The van der Waals surface area contributed by atoms with Crippen LogP contribution < -0.4 is 15.9 Å². The standard InChI is InChI=1S/C17H15Cl2N5O2S/c1-26-14-4-2-3-10(5-14)16-22-23-17(24(16)20)27-9-15(25)21-13-7-11(18)6-12(19)8-13/h2-8H,9,20H2,1H3,(H,21,25). The summed E-state index contributed by atoms with van der Waals surface area (Å²) < 4.78 is 6.54. The van der Waals surface area contributed by atoms with E-state index in [0.29, 0.717) is 32.5 Å². The number of halogens is 2. The summed E-state index contributed by atoms with van der Waals surface area (Å²) in [6.07, 6.45) is 0. The van der Waals surface area contributed by atoms with Gasteiger partial charge in [-0.25, -0.2) is 4.68 Å². The summed E-state index contributed by atoms with van der Waals surface area (Å²) in [6, 6.07) is 12.1. The Labute approximate surface area is 169 Å². The third-order valence-electron chi connectivity index (χ3n) is 3.47. The fraction of sp³-hybridized carbons (Fsp3) is 0.118. The van der Waals surface area contributed by atoms with Crippen LogP contribution >= 0.6 is 35.0 Å². The third kappa shape index (κ3) is 4.85. The maximum atomic E-state index is 12.1. The van der Waals surface area contributed by atoms with Gasteiger partial charge >= 0.3 is 0 Å². The van der Waals surface area contributed by atoms with Gasteiger partial charge < -0.3 is 15.9 Å². The Hall–Kier alpha value is -2.42. The molecule has 10 heteroatoms. The predicted octanol–water partition coefficient (Wildman–Crippen LogP) is 3.71. The molecule has 140 valence electrons. The van der Waals surface area contributed by atoms with E-state index in [0.717, 1.165) is 17.3 Å². The van der Waals surface area contributed by atoms with Crippen LogP contribution in [-0.2, 0) is 4.79 Å². The molecule has 1 aromatic heterocycles. The molecule has 1 heterocycles. The molecule has 2 aromatic carbocycles. The van der Waals surface area contributed by atoms with Crippen LogP contribution in [0.1, 0.15) is 0 Å². The van der Waals surface area contributed by atoms with E-state index >= 15 is 0 Å². The van der Waals surface area contributed by atoms with Crippen molar-refractivity contribution in [1.82, 2.24) is 14.9 Å². The molecule has 0 saturated heterocycles. The van der Waals surface area contributed by atoms with Gasteiger partial charge in [0.1, 0.15) is 5.75 Å². The number of hydrogen-bond acceptors (Lipinski definition) is 6. The smallest absolute Gasteiger partial charge is 0.234 e. The zero-order valence-corrected chi connectivity index (χ0v) is 16.5. The van der Waals surface area contributed by atoms with Gasteiger partial charge in [0.05, 0.1) is 12.9 Å². The summed E-state index contributed by atoms with van der Waals surface area (Å²) in [6.45, 7) is 0. The average Bonchev–Trinajstić information content (AvgIpc) is 3.00. The first kappa shape index (κ1) is 19.3. The average molecular weight is 424 g/mol. The zero-order valence-electron chi connectivity index (χ0n) is 14.1. The Morgan fingerprint density at radius 1 is 1.22 bits per heavy atom. The van der Waals surface area contributed by atoms with Gasteiger partial charge in [0.15, 0.2) is 5.82 Å². The number of methoxy groups -OCH3 is 1. The zero-order chi connectivity index (χ0) is 19.4. The van der Waals surface area contributed by atoms with Crippen molar-refractivity contribution in [3.05, 3.63) is 52.5 Å². The second-order valence-electron chi connectivity index (χ2n) is 5.40. The van der Waals surface area contributed by atoms with Crippen LogP contribution in [0, 0.1) is 0 Å². The predicted molar refractivity (Wildman–Crippen MR) is 108 cm³/mol. The molecule has 0 fully saturated rings. The minimum Gasteiger partial charge on any atom is -0.497 e. The number of benzene rings is 2. The number of nitrogen functional groups attached to an aromatic ring is 1. The van der Waals surface area contributed by atoms with Gasteiger partial charge in [0, 0.05) is 21.3 Å². The number of carbonyl (C=O) groups excluding carboxylic acids is 1. The third-order valence-corrected chi connectivity index (χ3v) is 4.85. The van der Waals surface area contributed by atoms with Crippen molar-refractivity contribution in [3.8, 4) is 17.1 Å². The monoisotopic (exact) mass is 423 g/mol. The highest BCUT2D eigenvalue weighted by Crippen LogP contribution is 2.25. The Morgan fingerprint density at radius 2 is 1.96 bits per heavy atom. The lowest BCUT2D eigenvalue weighted by Gasteiger charge is -2.07. The van der Waals surface area contributed by atoms with Crippen LogP contribution in [0.2, 0.25) is 10.0 Å². The first-order valence-corrected chi connectivity index (χ1v) is 9.44. The minimum atomic E-state index is -0.246. The molecule has 0 atom stereocenters. The van der Waals surface area contributed by atoms with Gasteiger partial charge in [-0.2, -0.15) is 0 Å². The number of amides is 1. The molecule has 3 N–H and O–H groups in total. The molecule has 0 unspecified atom stereocenters. The Kier molecular flexibility index (Phi) is 6.10. The molecular weight excluding hydrogens is 409 g/mol. The molecule has 1 amide bonds. The van der Waals surface area contributed by atoms with Gasteiger partial charge in [0.2, 0.25) is 11.1 Å². The largest absolute Gasteiger partial charge is 0.497 e. The fourth-order valence-corrected chi connectivity index (χ4v) is 3.47. The highest BCUT2D eigenvalue weighted by molar-refractivity contribution is 7.99.